The molecule has 116 valence electrons. The molecule has 21 heavy (non-hydrogen) atoms. The minimum Gasteiger partial charge on any atom is -0.481 e. The number of pyridine rings is 1. The monoisotopic (exact) mass is 311 g/mol. The average Bonchev–Trinajstić information content (AvgIpc) is 2.43. The number of carboxylic acids is 1. The molecule has 1 N–H and O–H groups in total. The van der Waals surface area contributed by atoms with Crippen molar-refractivity contribution in [2.75, 3.05) is 38.7 Å². The number of thioether (sulfide) groups is 1. The van der Waals surface area contributed by atoms with Gasteiger partial charge in [-0.3, -0.25) is 14.6 Å². The maximum atomic E-state index is 12.2. The molecular weight excluding hydrogens is 290 g/mol. The van der Waals surface area contributed by atoms with Crippen molar-refractivity contribution in [3.05, 3.63) is 30.1 Å². The van der Waals surface area contributed by atoms with Gasteiger partial charge in [-0.25, -0.2) is 0 Å². The molecule has 0 spiro atoms. The van der Waals surface area contributed by atoms with E-state index in [1.54, 1.807) is 17.3 Å². The van der Waals surface area contributed by atoms with E-state index in [0.717, 1.165) is 23.9 Å². The van der Waals surface area contributed by atoms with Crippen molar-refractivity contribution in [1.29, 1.82) is 0 Å². The molecule has 0 aliphatic carbocycles. The summed E-state index contributed by atoms with van der Waals surface area (Å²) in [5, 5.41) is 8.62. The van der Waals surface area contributed by atoms with Crippen molar-refractivity contribution in [3.63, 3.8) is 0 Å². The molecule has 0 fully saturated rings. The van der Waals surface area contributed by atoms with E-state index >= 15 is 0 Å². The van der Waals surface area contributed by atoms with Crippen molar-refractivity contribution in [3.8, 4) is 0 Å². The highest BCUT2D eigenvalue weighted by molar-refractivity contribution is 8.00. The van der Waals surface area contributed by atoms with E-state index in [2.05, 4.69) is 4.98 Å². The molecule has 1 aromatic heterocycles. The molecule has 0 bridgehead atoms. The summed E-state index contributed by atoms with van der Waals surface area (Å²) in [4.78, 5) is 30.5. The number of aliphatic carboxylic acids is 1. The van der Waals surface area contributed by atoms with E-state index in [0.29, 0.717) is 13.1 Å². The van der Waals surface area contributed by atoms with Gasteiger partial charge in [0.2, 0.25) is 5.91 Å². The van der Waals surface area contributed by atoms with Crippen LogP contribution in [0.1, 0.15) is 5.56 Å². The highest BCUT2D eigenvalue weighted by Gasteiger charge is 2.15. The number of aromatic nitrogens is 1. The molecule has 0 unspecified atom stereocenters. The zero-order valence-electron chi connectivity index (χ0n) is 12.4. The van der Waals surface area contributed by atoms with E-state index in [1.165, 1.54) is 0 Å². The number of amides is 1. The van der Waals surface area contributed by atoms with Crippen molar-refractivity contribution < 1.29 is 14.7 Å². The number of carboxylic acid groups (broad SMARTS) is 1. The first kappa shape index (κ1) is 17.5. The lowest BCUT2D eigenvalue weighted by molar-refractivity contribution is -0.133. The zero-order valence-corrected chi connectivity index (χ0v) is 13.2. The standard InChI is InChI=1S/C14H21N3O3S/c1-16(2)6-7-17(9-12-4-3-5-15-8-12)13(18)10-21-11-14(19)20/h3-5,8H,6-7,9-11H2,1-2H3,(H,19,20). The number of hydrogen-bond donors (Lipinski definition) is 1. The molecule has 0 radical (unpaired) electrons. The summed E-state index contributed by atoms with van der Waals surface area (Å²) in [6.45, 7) is 1.86. The molecule has 1 aromatic rings. The minimum absolute atomic E-state index is 0.0491. The highest BCUT2D eigenvalue weighted by Crippen LogP contribution is 2.07. The first-order valence-corrected chi connectivity index (χ1v) is 7.75. The van der Waals surface area contributed by atoms with Gasteiger partial charge in [-0.1, -0.05) is 6.07 Å². The van der Waals surface area contributed by atoms with Crippen molar-refractivity contribution in [1.82, 2.24) is 14.8 Å². The molecule has 0 saturated heterocycles. The first-order valence-electron chi connectivity index (χ1n) is 6.60. The van der Waals surface area contributed by atoms with Gasteiger partial charge in [0, 0.05) is 32.0 Å². The van der Waals surface area contributed by atoms with Gasteiger partial charge < -0.3 is 14.9 Å². The summed E-state index contributed by atoms with van der Waals surface area (Å²) >= 11 is 1.12. The van der Waals surface area contributed by atoms with Gasteiger partial charge >= 0.3 is 5.97 Å². The van der Waals surface area contributed by atoms with E-state index < -0.39 is 5.97 Å². The van der Waals surface area contributed by atoms with E-state index in [1.807, 2.05) is 31.1 Å². The third-order valence-corrected chi connectivity index (χ3v) is 3.62. The summed E-state index contributed by atoms with van der Waals surface area (Å²) in [5.74, 6) is -0.827. The summed E-state index contributed by atoms with van der Waals surface area (Å²) in [6.07, 6.45) is 3.43. The van der Waals surface area contributed by atoms with Crippen LogP contribution < -0.4 is 0 Å². The Morgan fingerprint density at radius 3 is 2.62 bits per heavy atom. The molecule has 0 atom stereocenters. The second-order valence-corrected chi connectivity index (χ2v) is 5.85. The van der Waals surface area contributed by atoms with Crippen LogP contribution in [0.25, 0.3) is 0 Å². The van der Waals surface area contributed by atoms with Crippen LogP contribution in [0.5, 0.6) is 0 Å². The highest BCUT2D eigenvalue weighted by atomic mass is 32.2. The fourth-order valence-electron chi connectivity index (χ4n) is 1.64. The van der Waals surface area contributed by atoms with Crippen molar-refractivity contribution in [2.24, 2.45) is 0 Å². The van der Waals surface area contributed by atoms with Gasteiger partial charge in [0.15, 0.2) is 0 Å². The second kappa shape index (κ2) is 9.36. The molecule has 0 aromatic carbocycles. The number of rotatable bonds is 9. The van der Waals surface area contributed by atoms with E-state index in [4.69, 9.17) is 5.11 Å². The smallest absolute Gasteiger partial charge is 0.313 e. The normalized spacial score (nSPS) is 10.6. The fourth-order valence-corrected chi connectivity index (χ4v) is 2.28. The van der Waals surface area contributed by atoms with Crippen LogP contribution in [0.2, 0.25) is 0 Å². The van der Waals surface area contributed by atoms with Gasteiger partial charge in [-0.05, 0) is 25.7 Å². The maximum absolute atomic E-state index is 12.2. The lowest BCUT2D eigenvalue weighted by Crippen LogP contribution is -2.37. The molecule has 0 aliphatic rings. The van der Waals surface area contributed by atoms with Crippen molar-refractivity contribution >= 4 is 23.6 Å². The Balaban J connectivity index is 2.58. The molecule has 7 heteroatoms. The number of carbonyl (C=O) groups is 2. The fraction of sp³-hybridized carbons (Fsp3) is 0.500. The Bertz CT molecular complexity index is 454. The van der Waals surface area contributed by atoms with E-state index in [9.17, 15) is 9.59 Å². The first-order chi connectivity index (χ1) is 9.99. The molecule has 1 rings (SSSR count). The van der Waals surface area contributed by atoms with Crippen LogP contribution in [-0.4, -0.2) is 70.5 Å². The molecule has 1 heterocycles. The average molecular weight is 311 g/mol. The molecule has 6 nitrogen and oxygen atoms in total. The van der Waals surface area contributed by atoms with Crippen LogP contribution in [-0.2, 0) is 16.1 Å². The predicted octanol–water partition coefficient (Wildman–Crippen LogP) is 0.790. The lowest BCUT2D eigenvalue weighted by atomic mass is 10.2. The predicted molar refractivity (Wildman–Crippen MR) is 83.2 cm³/mol. The third-order valence-electron chi connectivity index (χ3n) is 2.72. The van der Waals surface area contributed by atoms with Crippen LogP contribution in [0.3, 0.4) is 0 Å². The Hall–Kier alpha value is -1.60. The van der Waals surface area contributed by atoms with Crippen LogP contribution >= 0.6 is 11.8 Å². The molecule has 0 aliphatic heterocycles. The summed E-state index contributed by atoms with van der Waals surface area (Å²) in [6, 6.07) is 3.76. The molecule has 1 amide bonds. The summed E-state index contributed by atoms with van der Waals surface area (Å²) < 4.78 is 0. The summed E-state index contributed by atoms with van der Waals surface area (Å²) in [5.41, 5.74) is 0.966. The lowest BCUT2D eigenvalue weighted by Gasteiger charge is -2.24. The van der Waals surface area contributed by atoms with E-state index in [-0.39, 0.29) is 17.4 Å². The Kier molecular flexibility index (Phi) is 7.78. The quantitative estimate of drug-likeness (QED) is 0.727. The minimum atomic E-state index is -0.903. The third kappa shape index (κ3) is 7.67. The Morgan fingerprint density at radius 1 is 1.29 bits per heavy atom. The number of likely N-dealkylation sites (N-methyl/N-ethyl adjacent to an activating group) is 1. The number of nitrogens with zero attached hydrogens (tertiary/aromatic N) is 3. The number of hydrogen-bond acceptors (Lipinski definition) is 5. The van der Waals surface area contributed by atoms with Crippen LogP contribution in [0.4, 0.5) is 0 Å². The SMILES string of the molecule is CN(C)CCN(Cc1cccnc1)C(=O)CSCC(=O)O. The maximum Gasteiger partial charge on any atom is 0.313 e. The Morgan fingerprint density at radius 2 is 2.05 bits per heavy atom. The summed E-state index contributed by atoms with van der Waals surface area (Å²) in [7, 11) is 3.90. The van der Waals surface area contributed by atoms with Crippen LogP contribution in [0.15, 0.2) is 24.5 Å². The zero-order chi connectivity index (χ0) is 15.7. The van der Waals surface area contributed by atoms with Gasteiger partial charge in [0.25, 0.3) is 0 Å². The van der Waals surface area contributed by atoms with Crippen molar-refractivity contribution in [2.45, 2.75) is 6.54 Å². The van der Waals surface area contributed by atoms with Gasteiger partial charge in [0.05, 0.1) is 11.5 Å². The Labute approximate surface area is 129 Å². The second-order valence-electron chi connectivity index (χ2n) is 4.87. The van der Waals surface area contributed by atoms with Gasteiger partial charge in [-0.2, -0.15) is 0 Å². The van der Waals surface area contributed by atoms with Crippen LogP contribution in [0, 0.1) is 0 Å². The van der Waals surface area contributed by atoms with Gasteiger partial charge in [-0.15, -0.1) is 11.8 Å². The molecular formula is C14H21N3O3S. The molecule has 0 saturated carbocycles. The topological polar surface area (TPSA) is 73.7 Å². The largest absolute Gasteiger partial charge is 0.481 e. The van der Waals surface area contributed by atoms with Gasteiger partial charge in [0.1, 0.15) is 0 Å². The number of carbonyl (C=O) groups excluding carboxylic acids is 1.